The number of carbonyl (C=O) groups excluding carboxylic acids is 1. The number of phenolic OH excluding ortho intramolecular Hbond substituents is 2. The fourth-order valence-electron chi connectivity index (χ4n) is 3.03. The molecule has 0 aliphatic heterocycles. The van der Waals surface area contributed by atoms with E-state index in [1.165, 1.54) is 18.2 Å². The standard InChI is InChI=1S/C25H44N2O5/c1-23(2,3)31-16-25(7,17-32-24(4,5)6)13-9-8-10-14-27-22(30)21(26)18-11-12-19(28)20(29)15-18/h11-12,15,21,28-29H,8-10,13-14,16-17,26H2,1-7H3,(H,27,30). The molecule has 0 heterocycles. The summed E-state index contributed by atoms with van der Waals surface area (Å²) in [7, 11) is 0. The van der Waals surface area contributed by atoms with Gasteiger partial charge in [-0.15, -0.1) is 0 Å². The quantitative estimate of drug-likeness (QED) is 0.276. The summed E-state index contributed by atoms with van der Waals surface area (Å²) in [4.78, 5) is 12.3. The van der Waals surface area contributed by atoms with Crippen molar-refractivity contribution in [2.24, 2.45) is 11.1 Å². The Kier molecular flexibility index (Phi) is 10.5. The fourth-order valence-corrected chi connectivity index (χ4v) is 3.03. The highest BCUT2D eigenvalue weighted by Gasteiger charge is 2.29. The Morgan fingerprint density at radius 2 is 1.50 bits per heavy atom. The van der Waals surface area contributed by atoms with Crippen molar-refractivity contribution < 1.29 is 24.5 Å². The maximum Gasteiger partial charge on any atom is 0.241 e. The molecule has 0 spiro atoms. The second-order valence-corrected chi connectivity index (χ2v) is 10.9. The van der Waals surface area contributed by atoms with Crippen molar-refractivity contribution in [2.75, 3.05) is 19.8 Å². The summed E-state index contributed by atoms with van der Waals surface area (Å²) in [6.45, 7) is 16.4. The molecule has 1 amide bonds. The van der Waals surface area contributed by atoms with Crippen molar-refractivity contribution in [3.8, 4) is 11.5 Å². The molecule has 0 radical (unpaired) electrons. The van der Waals surface area contributed by atoms with Crippen LogP contribution in [-0.4, -0.2) is 47.1 Å². The van der Waals surface area contributed by atoms with Gasteiger partial charge < -0.3 is 30.7 Å². The Hall–Kier alpha value is -1.83. The van der Waals surface area contributed by atoms with Crippen LogP contribution in [-0.2, 0) is 14.3 Å². The Balaban J connectivity index is 2.43. The first kappa shape index (κ1) is 28.2. The Morgan fingerprint density at radius 3 is 2.00 bits per heavy atom. The number of nitrogens with two attached hydrogens (primary N) is 1. The van der Waals surface area contributed by atoms with Crippen LogP contribution in [0.2, 0.25) is 0 Å². The van der Waals surface area contributed by atoms with Gasteiger partial charge in [0.2, 0.25) is 5.91 Å². The summed E-state index contributed by atoms with van der Waals surface area (Å²) >= 11 is 0. The van der Waals surface area contributed by atoms with E-state index < -0.39 is 6.04 Å². The van der Waals surface area contributed by atoms with Gasteiger partial charge in [-0.3, -0.25) is 4.79 Å². The number of aromatic hydroxyl groups is 2. The van der Waals surface area contributed by atoms with Gasteiger partial charge in [-0.2, -0.15) is 0 Å². The van der Waals surface area contributed by atoms with Crippen LogP contribution in [0.4, 0.5) is 0 Å². The third kappa shape index (κ3) is 11.2. The van der Waals surface area contributed by atoms with Gasteiger partial charge in [0.05, 0.1) is 24.4 Å². The van der Waals surface area contributed by atoms with Crippen LogP contribution >= 0.6 is 0 Å². The second-order valence-electron chi connectivity index (χ2n) is 10.9. The van der Waals surface area contributed by atoms with Crippen LogP contribution in [0.15, 0.2) is 18.2 Å². The number of ether oxygens (including phenoxy) is 2. The first-order chi connectivity index (χ1) is 14.6. The summed E-state index contributed by atoms with van der Waals surface area (Å²) in [6.07, 6.45) is 3.79. The second kappa shape index (κ2) is 11.9. The first-order valence-electron chi connectivity index (χ1n) is 11.4. The predicted molar refractivity (Wildman–Crippen MR) is 128 cm³/mol. The minimum absolute atomic E-state index is 0.0764. The number of hydrogen-bond donors (Lipinski definition) is 4. The first-order valence-corrected chi connectivity index (χ1v) is 11.4. The van der Waals surface area contributed by atoms with Gasteiger partial charge in [0.1, 0.15) is 6.04 Å². The monoisotopic (exact) mass is 452 g/mol. The lowest BCUT2D eigenvalue weighted by atomic mass is 9.85. The van der Waals surface area contributed by atoms with Crippen LogP contribution in [0, 0.1) is 5.41 Å². The van der Waals surface area contributed by atoms with Crippen molar-refractivity contribution in [1.29, 1.82) is 0 Å². The highest BCUT2D eigenvalue weighted by atomic mass is 16.5. The molecule has 0 bridgehead atoms. The molecule has 7 nitrogen and oxygen atoms in total. The van der Waals surface area contributed by atoms with E-state index in [4.69, 9.17) is 15.2 Å². The number of carbonyl (C=O) groups is 1. The summed E-state index contributed by atoms with van der Waals surface area (Å²) in [5.41, 5.74) is 5.95. The van der Waals surface area contributed by atoms with E-state index >= 15 is 0 Å². The number of hydrogen-bond acceptors (Lipinski definition) is 6. The average Bonchev–Trinajstić information content (AvgIpc) is 2.68. The maximum absolute atomic E-state index is 12.3. The van der Waals surface area contributed by atoms with Crippen molar-refractivity contribution >= 4 is 5.91 Å². The molecule has 1 unspecified atom stereocenters. The number of phenols is 2. The molecule has 5 N–H and O–H groups in total. The zero-order valence-electron chi connectivity index (χ0n) is 21.0. The van der Waals surface area contributed by atoms with Crippen molar-refractivity contribution in [3.05, 3.63) is 23.8 Å². The van der Waals surface area contributed by atoms with Crippen molar-refractivity contribution in [3.63, 3.8) is 0 Å². The van der Waals surface area contributed by atoms with Crippen LogP contribution < -0.4 is 11.1 Å². The molecule has 0 aromatic heterocycles. The molecule has 7 heteroatoms. The zero-order valence-corrected chi connectivity index (χ0v) is 21.0. The molecule has 0 fully saturated rings. The zero-order chi connectivity index (χ0) is 24.6. The Morgan fingerprint density at radius 1 is 0.938 bits per heavy atom. The number of rotatable bonds is 12. The molecule has 0 saturated heterocycles. The fraction of sp³-hybridized carbons (Fsp3) is 0.720. The molecule has 184 valence electrons. The van der Waals surface area contributed by atoms with E-state index in [-0.39, 0.29) is 34.0 Å². The number of benzene rings is 1. The van der Waals surface area contributed by atoms with E-state index in [1.54, 1.807) is 0 Å². The molecule has 32 heavy (non-hydrogen) atoms. The highest BCUT2D eigenvalue weighted by Crippen LogP contribution is 2.30. The van der Waals surface area contributed by atoms with Gasteiger partial charge in [-0.1, -0.05) is 25.8 Å². The molecular formula is C25H44N2O5. The lowest BCUT2D eigenvalue weighted by Crippen LogP contribution is -2.36. The maximum atomic E-state index is 12.3. The third-order valence-corrected chi connectivity index (χ3v) is 5.10. The van der Waals surface area contributed by atoms with Crippen LogP contribution in [0.3, 0.4) is 0 Å². The summed E-state index contributed by atoms with van der Waals surface area (Å²) < 4.78 is 12.1. The lowest BCUT2D eigenvalue weighted by Gasteiger charge is -2.35. The van der Waals surface area contributed by atoms with Gasteiger partial charge >= 0.3 is 0 Å². The van der Waals surface area contributed by atoms with Gasteiger partial charge in [-0.25, -0.2) is 0 Å². The topological polar surface area (TPSA) is 114 Å². The predicted octanol–water partition coefficient (Wildman–Crippen LogP) is 4.41. The SMILES string of the molecule is CC(CCCCCNC(=O)C(N)c1ccc(O)c(O)c1)(COC(C)(C)C)COC(C)(C)C. The summed E-state index contributed by atoms with van der Waals surface area (Å²) in [6, 6.07) is 3.26. The normalized spacial score (nSPS) is 13.8. The minimum Gasteiger partial charge on any atom is -0.504 e. The van der Waals surface area contributed by atoms with E-state index in [2.05, 4.69) is 53.8 Å². The van der Waals surface area contributed by atoms with E-state index in [1.807, 2.05) is 0 Å². The molecular weight excluding hydrogens is 408 g/mol. The summed E-state index contributed by atoms with van der Waals surface area (Å²) in [5.74, 6) is -0.842. The summed E-state index contributed by atoms with van der Waals surface area (Å²) in [5, 5.41) is 21.8. The van der Waals surface area contributed by atoms with Gasteiger partial charge in [0, 0.05) is 12.0 Å². The minimum atomic E-state index is -0.895. The van der Waals surface area contributed by atoms with Crippen molar-refractivity contribution in [2.45, 2.75) is 91.4 Å². The van der Waals surface area contributed by atoms with Crippen LogP contribution in [0.25, 0.3) is 0 Å². The lowest BCUT2D eigenvalue weighted by molar-refractivity contribution is -0.122. The Bertz CT molecular complexity index is 704. The van der Waals surface area contributed by atoms with Crippen molar-refractivity contribution in [1.82, 2.24) is 5.32 Å². The van der Waals surface area contributed by atoms with Crippen LogP contribution in [0.5, 0.6) is 11.5 Å². The number of amides is 1. The molecule has 0 aliphatic carbocycles. The van der Waals surface area contributed by atoms with Gasteiger partial charge in [0.15, 0.2) is 11.5 Å². The molecule has 1 atom stereocenters. The smallest absolute Gasteiger partial charge is 0.241 e. The Labute approximate surface area is 193 Å². The number of nitrogens with one attached hydrogen (secondary N) is 1. The molecule has 0 saturated carbocycles. The average molecular weight is 453 g/mol. The van der Waals surface area contributed by atoms with E-state index in [0.717, 1.165) is 25.7 Å². The van der Waals surface area contributed by atoms with Gasteiger partial charge in [0.25, 0.3) is 0 Å². The third-order valence-electron chi connectivity index (χ3n) is 5.10. The molecule has 1 rings (SSSR count). The molecule has 0 aliphatic rings. The molecule has 1 aromatic rings. The number of unbranched alkanes of at least 4 members (excludes halogenated alkanes) is 2. The molecule has 1 aromatic carbocycles. The highest BCUT2D eigenvalue weighted by molar-refractivity contribution is 5.83. The van der Waals surface area contributed by atoms with E-state index in [0.29, 0.717) is 25.3 Å². The van der Waals surface area contributed by atoms with Crippen LogP contribution in [0.1, 0.15) is 85.8 Å². The van der Waals surface area contributed by atoms with E-state index in [9.17, 15) is 15.0 Å². The van der Waals surface area contributed by atoms with Gasteiger partial charge in [-0.05, 0) is 72.1 Å². The largest absolute Gasteiger partial charge is 0.504 e.